The number of ether oxygens (including phenoxy) is 1. The lowest BCUT2D eigenvalue weighted by molar-refractivity contribution is 0.158. The van der Waals surface area contributed by atoms with Crippen LogP contribution in [0.2, 0.25) is 0 Å². The summed E-state index contributed by atoms with van der Waals surface area (Å²) in [7, 11) is 0. The zero-order valence-corrected chi connectivity index (χ0v) is 8.02. The summed E-state index contributed by atoms with van der Waals surface area (Å²) in [6.07, 6.45) is 0. The molecule has 0 bridgehead atoms. The van der Waals surface area contributed by atoms with Gasteiger partial charge in [-0.1, -0.05) is 0 Å². The van der Waals surface area contributed by atoms with Crippen LogP contribution in [-0.4, -0.2) is 19.8 Å². The summed E-state index contributed by atoms with van der Waals surface area (Å²) >= 11 is 0. The fourth-order valence-corrected chi connectivity index (χ4v) is 1.02. The van der Waals surface area contributed by atoms with Crippen LogP contribution < -0.4 is 5.32 Å². The van der Waals surface area contributed by atoms with Gasteiger partial charge in [0.1, 0.15) is 0 Å². The van der Waals surface area contributed by atoms with Gasteiger partial charge in [-0.2, -0.15) is 0 Å². The van der Waals surface area contributed by atoms with E-state index in [-0.39, 0.29) is 0 Å². The van der Waals surface area contributed by atoms with Crippen LogP contribution in [0.5, 0.6) is 0 Å². The minimum Gasteiger partial charge on any atom is -0.383 e. The molecule has 1 aromatic carbocycles. The summed E-state index contributed by atoms with van der Waals surface area (Å²) in [5.74, 6) is -1.67. The van der Waals surface area contributed by atoms with Crippen LogP contribution in [0.4, 0.5) is 14.5 Å². The van der Waals surface area contributed by atoms with Crippen molar-refractivity contribution in [2.75, 3.05) is 25.1 Å². The molecule has 0 aromatic heterocycles. The largest absolute Gasteiger partial charge is 0.383 e. The first-order valence-electron chi connectivity index (χ1n) is 4.50. The molecule has 14 heavy (non-hydrogen) atoms. The molecule has 0 amide bonds. The zero-order valence-electron chi connectivity index (χ0n) is 8.02. The molecule has 0 aliphatic heterocycles. The molecule has 0 radical (unpaired) electrons. The Morgan fingerprint density at radius 2 is 2.07 bits per heavy atom. The number of anilines is 1. The molecule has 0 atom stereocenters. The SMILES string of the molecule is CCOCCNc1ccc(F)c(F)c1. The van der Waals surface area contributed by atoms with Crippen LogP contribution in [0.15, 0.2) is 18.2 Å². The maximum atomic E-state index is 12.7. The maximum absolute atomic E-state index is 12.7. The van der Waals surface area contributed by atoms with E-state index in [9.17, 15) is 8.78 Å². The Morgan fingerprint density at radius 3 is 2.71 bits per heavy atom. The minimum atomic E-state index is -0.841. The second-order valence-corrected chi connectivity index (χ2v) is 2.75. The van der Waals surface area contributed by atoms with E-state index in [4.69, 9.17) is 4.74 Å². The van der Waals surface area contributed by atoms with Crippen molar-refractivity contribution in [3.8, 4) is 0 Å². The van der Waals surface area contributed by atoms with Gasteiger partial charge < -0.3 is 10.1 Å². The first kappa shape index (κ1) is 10.9. The third-order valence-corrected chi connectivity index (χ3v) is 1.70. The van der Waals surface area contributed by atoms with E-state index in [2.05, 4.69) is 5.32 Å². The molecule has 0 saturated carbocycles. The monoisotopic (exact) mass is 201 g/mol. The lowest BCUT2D eigenvalue weighted by atomic mass is 10.3. The third kappa shape index (κ3) is 3.30. The van der Waals surface area contributed by atoms with Gasteiger partial charge in [0.15, 0.2) is 11.6 Å². The van der Waals surface area contributed by atoms with Crippen molar-refractivity contribution in [3.63, 3.8) is 0 Å². The molecule has 0 spiro atoms. The highest BCUT2D eigenvalue weighted by atomic mass is 19.2. The van der Waals surface area contributed by atoms with Crippen LogP contribution in [0, 0.1) is 11.6 Å². The fourth-order valence-electron chi connectivity index (χ4n) is 1.02. The smallest absolute Gasteiger partial charge is 0.160 e. The third-order valence-electron chi connectivity index (χ3n) is 1.70. The Kier molecular flexibility index (Phi) is 4.32. The molecule has 2 nitrogen and oxygen atoms in total. The topological polar surface area (TPSA) is 21.3 Å². The van der Waals surface area contributed by atoms with Gasteiger partial charge in [-0.05, 0) is 19.1 Å². The van der Waals surface area contributed by atoms with Crippen molar-refractivity contribution < 1.29 is 13.5 Å². The van der Waals surface area contributed by atoms with Gasteiger partial charge in [0.25, 0.3) is 0 Å². The van der Waals surface area contributed by atoms with E-state index >= 15 is 0 Å². The second-order valence-electron chi connectivity index (χ2n) is 2.75. The van der Waals surface area contributed by atoms with Crippen LogP contribution in [0.1, 0.15) is 6.92 Å². The van der Waals surface area contributed by atoms with Gasteiger partial charge in [0, 0.05) is 24.9 Å². The molecule has 78 valence electrons. The highest BCUT2D eigenvalue weighted by Crippen LogP contribution is 2.12. The van der Waals surface area contributed by atoms with Gasteiger partial charge in [0.05, 0.1) is 6.61 Å². The lowest BCUT2D eigenvalue weighted by Crippen LogP contribution is -2.09. The second kappa shape index (κ2) is 5.54. The first-order valence-corrected chi connectivity index (χ1v) is 4.50. The van der Waals surface area contributed by atoms with Crippen molar-refractivity contribution in [1.29, 1.82) is 0 Å². The number of benzene rings is 1. The Labute approximate surface area is 81.9 Å². The highest BCUT2D eigenvalue weighted by molar-refractivity contribution is 5.43. The van der Waals surface area contributed by atoms with Gasteiger partial charge in [-0.25, -0.2) is 8.78 Å². The van der Waals surface area contributed by atoms with Crippen molar-refractivity contribution in [2.24, 2.45) is 0 Å². The Hall–Kier alpha value is -1.16. The predicted octanol–water partition coefficient (Wildman–Crippen LogP) is 2.41. The van der Waals surface area contributed by atoms with Crippen molar-refractivity contribution in [3.05, 3.63) is 29.8 Å². The molecule has 0 aliphatic rings. The van der Waals surface area contributed by atoms with Crippen molar-refractivity contribution >= 4 is 5.69 Å². The van der Waals surface area contributed by atoms with E-state index in [1.165, 1.54) is 6.07 Å². The molecule has 1 aromatic rings. The lowest BCUT2D eigenvalue weighted by Gasteiger charge is -2.06. The summed E-state index contributed by atoms with van der Waals surface area (Å²) in [5, 5.41) is 2.92. The van der Waals surface area contributed by atoms with E-state index in [1.807, 2.05) is 6.92 Å². The maximum Gasteiger partial charge on any atom is 0.160 e. The molecule has 0 aliphatic carbocycles. The molecule has 0 saturated heterocycles. The average molecular weight is 201 g/mol. The quantitative estimate of drug-likeness (QED) is 0.738. The minimum absolute atomic E-state index is 0.551. The van der Waals surface area contributed by atoms with Crippen molar-refractivity contribution in [2.45, 2.75) is 6.92 Å². The number of hydrogen-bond acceptors (Lipinski definition) is 2. The standard InChI is InChI=1S/C10H13F2NO/c1-2-14-6-5-13-8-3-4-9(11)10(12)7-8/h3-4,7,13H,2,5-6H2,1H3. The van der Waals surface area contributed by atoms with Gasteiger partial charge >= 0.3 is 0 Å². The summed E-state index contributed by atoms with van der Waals surface area (Å²) in [6.45, 7) is 3.69. The number of halogens is 2. The summed E-state index contributed by atoms with van der Waals surface area (Å²) in [4.78, 5) is 0. The molecule has 1 rings (SSSR count). The molecule has 0 unspecified atom stereocenters. The van der Waals surface area contributed by atoms with Gasteiger partial charge in [0.2, 0.25) is 0 Å². The number of nitrogens with one attached hydrogen (secondary N) is 1. The zero-order chi connectivity index (χ0) is 10.4. The Balaban J connectivity index is 2.39. The molecule has 4 heteroatoms. The van der Waals surface area contributed by atoms with Crippen molar-refractivity contribution in [1.82, 2.24) is 0 Å². The van der Waals surface area contributed by atoms with Crippen LogP contribution >= 0.6 is 0 Å². The van der Waals surface area contributed by atoms with E-state index in [0.29, 0.717) is 25.4 Å². The summed E-state index contributed by atoms with van der Waals surface area (Å²) < 4.78 is 30.3. The average Bonchev–Trinajstić information content (AvgIpc) is 2.18. The number of hydrogen-bond donors (Lipinski definition) is 1. The molecular weight excluding hydrogens is 188 g/mol. The molecule has 0 fully saturated rings. The van der Waals surface area contributed by atoms with E-state index < -0.39 is 11.6 Å². The highest BCUT2D eigenvalue weighted by Gasteiger charge is 2.01. The normalized spacial score (nSPS) is 10.2. The molecule has 0 heterocycles. The van der Waals surface area contributed by atoms with E-state index in [0.717, 1.165) is 12.1 Å². The van der Waals surface area contributed by atoms with Crippen LogP contribution in [-0.2, 0) is 4.74 Å². The molecule has 1 N–H and O–H groups in total. The van der Waals surface area contributed by atoms with E-state index in [1.54, 1.807) is 0 Å². The van der Waals surface area contributed by atoms with Crippen LogP contribution in [0.3, 0.4) is 0 Å². The Bertz CT molecular complexity index is 291. The van der Waals surface area contributed by atoms with Crippen LogP contribution in [0.25, 0.3) is 0 Å². The Morgan fingerprint density at radius 1 is 1.29 bits per heavy atom. The van der Waals surface area contributed by atoms with Gasteiger partial charge in [-0.15, -0.1) is 0 Å². The predicted molar refractivity (Wildman–Crippen MR) is 51.3 cm³/mol. The fraction of sp³-hybridized carbons (Fsp3) is 0.400. The molecular formula is C10H13F2NO. The van der Waals surface area contributed by atoms with Gasteiger partial charge in [-0.3, -0.25) is 0 Å². The number of rotatable bonds is 5. The first-order chi connectivity index (χ1) is 6.74. The summed E-state index contributed by atoms with van der Waals surface area (Å²) in [6, 6.07) is 3.71. The summed E-state index contributed by atoms with van der Waals surface area (Å²) in [5.41, 5.74) is 0.559.